The van der Waals surface area contributed by atoms with Crippen LogP contribution in [0.5, 0.6) is 5.75 Å². The molecule has 0 bridgehead atoms. The fourth-order valence-electron chi connectivity index (χ4n) is 3.72. The van der Waals surface area contributed by atoms with Crippen molar-refractivity contribution < 1.29 is 9.53 Å². The number of amides is 1. The summed E-state index contributed by atoms with van der Waals surface area (Å²) in [7, 11) is 0. The van der Waals surface area contributed by atoms with Crippen molar-refractivity contribution in [1.29, 1.82) is 0 Å². The highest BCUT2D eigenvalue weighted by molar-refractivity contribution is 5.78. The Hall–Kier alpha value is -2.29. The summed E-state index contributed by atoms with van der Waals surface area (Å²) in [4.78, 5) is 15.0. The number of aryl methyl sites for hydroxylation is 1. The molecular weight excluding hydrogens is 334 g/mol. The minimum Gasteiger partial charge on any atom is -0.491 e. The van der Waals surface area contributed by atoms with Crippen LogP contribution in [0.2, 0.25) is 0 Å². The van der Waals surface area contributed by atoms with Gasteiger partial charge >= 0.3 is 0 Å². The minimum atomic E-state index is 0.0770. The van der Waals surface area contributed by atoms with Gasteiger partial charge in [-0.1, -0.05) is 42.0 Å². The topological polar surface area (TPSA) is 29.5 Å². The molecule has 3 rings (SSSR count). The maximum absolute atomic E-state index is 12.9. The van der Waals surface area contributed by atoms with Gasteiger partial charge in [-0.2, -0.15) is 0 Å². The minimum absolute atomic E-state index is 0.0770. The first-order chi connectivity index (χ1) is 13.0. The van der Waals surface area contributed by atoms with Gasteiger partial charge in [0.15, 0.2) is 0 Å². The number of ether oxygens (including phenoxy) is 1. The van der Waals surface area contributed by atoms with Crippen molar-refractivity contribution in [3.8, 4) is 5.75 Å². The first-order valence-corrected chi connectivity index (χ1v) is 10.1. The lowest BCUT2D eigenvalue weighted by atomic mass is 9.87. The van der Waals surface area contributed by atoms with Gasteiger partial charge in [-0.25, -0.2) is 0 Å². The Morgan fingerprint density at radius 2 is 1.48 bits per heavy atom. The van der Waals surface area contributed by atoms with Gasteiger partial charge < -0.3 is 9.64 Å². The zero-order valence-corrected chi connectivity index (χ0v) is 16.8. The quantitative estimate of drug-likeness (QED) is 0.694. The van der Waals surface area contributed by atoms with Gasteiger partial charge in [0.25, 0.3) is 0 Å². The molecule has 1 fully saturated rings. The van der Waals surface area contributed by atoms with Gasteiger partial charge in [-0.05, 0) is 63.3 Å². The predicted octanol–water partition coefficient (Wildman–Crippen LogP) is 5.32. The zero-order valence-electron chi connectivity index (χ0n) is 16.8. The van der Waals surface area contributed by atoms with Crippen molar-refractivity contribution in [3.63, 3.8) is 0 Å². The van der Waals surface area contributed by atoms with Crippen LogP contribution in [0.4, 0.5) is 0 Å². The molecule has 1 aliphatic rings. The summed E-state index contributed by atoms with van der Waals surface area (Å²) in [6.07, 6.45) is 4.17. The van der Waals surface area contributed by atoms with Crippen LogP contribution < -0.4 is 4.74 Å². The second kappa shape index (κ2) is 9.07. The molecule has 2 aromatic rings. The number of rotatable bonds is 6. The SMILES string of the molecule is Cc1ccc(C(CC(=O)N2CCCCC2)c2ccc(OC(C)C)cc2)cc1. The molecule has 1 aliphatic heterocycles. The molecule has 1 atom stereocenters. The lowest BCUT2D eigenvalue weighted by Gasteiger charge is -2.29. The second-order valence-corrected chi connectivity index (χ2v) is 7.84. The van der Waals surface area contributed by atoms with Crippen LogP contribution in [0.3, 0.4) is 0 Å². The molecule has 0 aliphatic carbocycles. The molecule has 1 saturated heterocycles. The molecule has 0 spiro atoms. The van der Waals surface area contributed by atoms with Crippen LogP contribution in [0.25, 0.3) is 0 Å². The molecule has 3 nitrogen and oxygen atoms in total. The fourth-order valence-corrected chi connectivity index (χ4v) is 3.72. The maximum Gasteiger partial charge on any atom is 0.223 e. The Balaban J connectivity index is 1.83. The van der Waals surface area contributed by atoms with Gasteiger partial charge in [-0.15, -0.1) is 0 Å². The Morgan fingerprint density at radius 3 is 2.04 bits per heavy atom. The number of nitrogens with zero attached hydrogens (tertiary/aromatic N) is 1. The van der Waals surface area contributed by atoms with Gasteiger partial charge in [0.2, 0.25) is 5.91 Å². The lowest BCUT2D eigenvalue weighted by Crippen LogP contribution is -2.36. The van der Waals surface area contributed by atoms with E-state index in [9.17, 15) is 4.79 Å². The molecule has 0 N–H and O–H groups in total. The molecule has 1 amide bonds. The normalized spacial score (nSPS) is 15.6. The number of benzene rings is 2. The third-order valence-corrected chi connectivity index (χ3v) is 5.22. The van der Waals surface area contributed by atoms with E-state index in [1.165, 1.54) is 23.1 Å². The highest BCUT2D eigenvalue weighted by Gasteiger charge is 2.23. The van der Waals surface area contributed by atoms with Gasteiger partial charge in [0.1, 0.15) is 5.75 Å². The Labute approximate surface area is 163 Å². The summed E-state index contributed by atoms with van der Waals surface area (Å²) < 4.78 is 5.77. The number of hydrogen-bond acceptors (Lipinski definition) is 2. The molecule has 0 radical (unpaired) electrons. The number of hydrogen-bond donors (Lipinski definition) is 0. The zero-order chi connectivity index (χ0) is 19.2. The highest BCUT2D eigenvalue weighted by atomic mass is 16.5. The molecule has 144 valence electrons. The van der Waals surface area contributed by atoms with E-state index in [0.29, 0.717) is 6.42 Å². The van der Waals surface area contributed by atoms with E-state index in [2.05, 4.69) is 43.3 Å². The summed E-state index contributed by atoms with van der Waals surface area (Å²) in [5.74, 6) is 1.22. The molecule has 0 aromatic heterocycles. The highest BCUT2D eigenvalue weighted by Crippen LogP contribution is 2.31. The monoisotopic (exact) mass is 365 g/mol. The van der Waals surface area contributed by atoms with Gasteiger partial charge in [-0.3, -0.25) is 4.79 Å². The number of carbonyl (C=O) groups excluding carboxylic acids is 1. The van der Waals surface area contributed by atoms with E-state index in [4.69, 9.17) is 4.74 Å². The molecule has 27 heavy (non-hydrogen) atoms. The second-order valence-electron chi connectivity index (χ2n) is 7.84. The van der Waals surface area contributed by atoms with E-state index in [-0.39, 0.29) is 17.9 Å². The van der Waals surface area contributed by atoms with Crippen LogP contribution in [0, 0.1) is 6.92 Å². The van der Waals surface area contributed by atoms with Crippen molar-refractivity contribution >= 4 is 5.91 Å². The Bertz CT molecular complexity index is 728. The smallest absolute Gasteiger partial charge is 0.223 e. The first kappa shape index (κ1) is 19.5. The van der Waals surface area contributed by atoms with E-state index >= 15 is 0 Å². The average molecular weight is 366 g/mol. The largest absolute Gasteiger partial charge is 0.491 e. The molecule has 0 saturated carbocycles. The van der Waals surface area contributed by atoms with Crippen LogP contribution in [-0.4, -0.2) is 30.0 Å². The summed E-state index contributed by atoms with van der Waals surface area (Å²) in [5.41, 5.74) is 3.60. The average Bonchev–Trinajstić information content (AvgIpc) is 2.68. The fraction of sp³-hybridized carbons (Fsp3) is 0.458. The summed E-state index contributed by atoms with van der Waals surface area (Å²) in [6.45, 7) is 7.96. The van der Waals surface area contributed by atoms with Crippen LogP contribution in [0.1, 0.15) is 62.1 Å². The number of piperidine rings is 1. The number of carbonyl (C=O) groups is 1. The van der Waals surface area contributed by atoms with E-state index < -0.39 is 0 Å². The van der Waals surface area contributed by atoms with E-state index in [1.807, 2.05) is 30.9 Å². The molecular formula is C24H31NO2. The number of likely N-dealkylation sites (tertiary alicyclic amines) is 1. The van der Waals surface area contributed by atoms with Gasteiger partial charge in [0, 0.05) is 25.4 Å². The van der Waals surface area contributed by atoms with E-state index in [1.54, 1.807) is 0 Å². The van der Waals surface area contributed by atoms with Crippen molar-refractivity contribution in [3.05, 3.63) is 65.2 Å². The third kappa shape index (κ3) is 5.35. The van der Waals surface area contributed by atoms with Gasteiger partial charge in [0.05, 0.1) is 6.10 Å². The van der Waals surface area contributed by atoms with E-state index in [0.717, 1.165) is 31.7 Å². The van der Waals surface area contributed by atoms with Crippen LogP contribution >= 0.6 is 0 Å². The summed E-state index contributed by atoms with van der Waals surface area (Å²) in [5, 5.41) is 0. The Kier molecular flexibility index (Phi) is 6.54. The molecule has 1 unspecified atom stereocenters. The first-order valence-electron chi connectivity index (χ1n) is 10.1. The summed E-state index contributed by atoms with van der Waals surface area (Å²) >= 11 is 0. The molecule has 2 aromatic carbocycles. The molecule has 1 heterocycles. The van der Waals surface area contributed by atoms with Crippen molar-refractivity contribution in [2.45, 2.75) is 58.5 Å². The van der Waals surface area contributed by atoms with Crippen molar-refractivity contribution in [1.82, 2.24) is 4.90 Å². The lowest BCUT2D eigenvalue weighted by molar-refractivity contribution is -0.132. The molecule has 3 heteroatoms. The summed E-state index contributed by atoms with van der Waals surface area (Å²) in [6, 6.07) is 16.8. The standard InChI is InChI=1S/C24H31NO2/c1-18(2)27-22-13-11-21(12-14-22)23(20-9-7-19(3)8-10-20)17-24(26)25-15-5-4-6-16-25/h7-14,18,23H,4-6,15-17H2,1-3H3. The Morgan fingerprint density at radius 1 is 0.926 bits per heavy atom. The predicted molar refractivity (Wildman–Crippen MR) is 110 cm³/mol. The van der Waals surface area contributed by atoms with Crippen molar-refractivity contribution in [2.24, 2.45) is 0 Å². The third-order valence-electron chi connectivity index (χ3n) is 5.22. The van der Waals surface area contributed by atoms with Crippen molar-refractivity contribution in [2.75, 3.05) is 13.1 Å². The van der Waals surface area contributed by atoms with Crippen LogP contribution in [0.15, 0.2) is 48.5 Å². The maximum atomic E-state index is 12.9. The van der Waals surface area contributed by atoms with Crippen LogP contribution in [-0.2, 0) is 4.79 Å².